The summed E-state index contributed by atoms with van der Waals surface area (Å²) in [6.07, 6.45) is 0. The van der Waals surface area contributed by atoms with Crippen LogP contribution in [0, 0.1) is 0 Å². The maximum Gasteiger partial charge on any atom is 0.258 e. The van der Waals surface area contributed by atoms with E-state index in [1.54, 1.807) is 42.5 Å². The minimum absolute atomic E-state index is 0.118. The van der Waals surface area contributed by atoms with Gasteiger partial charge in [-0.15, -0.1) is 0 Å². The van der Waals surface area contributed by atoms with Gasteiger partial charge >= 0.3 is 0 Å². The van der Waals surface area contributed by atoms with E-state index >= 15 is 0 Å². The third-order valence-corrected chi connectivity index (χ3v) is 3.20. The zero-order valence-electron chi connectivity index (χ0n) is 13.5. The number of carbonyl (C=O) groups excluding carboxylic acids is 2. The maximum absolute atomic E-state index is 11.8. The number of hydrogen-bond donors (Lipinski definition) is 2. The molecule has 0 aromatic heterocycles. The number of nitrogens with one attached hydrogen (secondary N) is 2. The molecule has 0 saturated heterocycles. The second-order valence-electron chi connectivity index (χ2n) is 4.91. The predicted molar refractivity (Wildman–Crippen MR) is 90.3 cm³/mol. The summed E-state index contributed by atoms with van der Waals surface area (Å²) >= 11 is 0. The summed E-state index contributed by atoms with van der Waals surface area (Å²) in [6, 6.07) is 16.0. The Morgan fingerprint density at radius 1 is 0.875 bits per heavy atom. The standard InChI is InChI=1S/C18H20N2O4/c1-23-15-9-5-6-10-16(15)24-13-17(21)19-11-12-20-18(22)14-7-3-2-4-8-14/h2-10H,11-13H2,1H3,(H,19,21)(H,20,22). The van der Waals surface area contributed by atoms with Crippen molar-refractivity contribution in [3.8, 4) is 11.5 Å². The van der Waals surface area contributed by atoms with Gasteiger partial charge in [0.1, 0.15) is 0 Å². The predicted octanol–water partition coefficient (Wildman–Crippen LogP) is 1.62. The highest BCUT2D eigenvalue weighted by Gasteiger charge is 2.07. The van der Waals surface area contributed by atoms with E-state index in [-0.39, 0.29) is 18.4 Å². The molecule has 0 spiro atoms. The van der Waals surface area contributed by atoms with E-state index < -0.39 is 0 Å². The van der Waals surface area contributed by atoms with Gasteiger partial charge in [0.15, 0.2) is 18.1 Å². The van der Waals surface area contributed by atoms with Gasteiger partial charge < -0.3 is 20.1 Å². The molecule has 6 heteroatoms. The smallest absolute Gasteiger partial charge is 0.258 e. The lowest BCUT2D eigenvalue weighted by Gasteiger charge is -2.10. The number of ether oxygens (including phenoxy) is 2. The Hall–Kier alpha value is -3.02. The number of amides is 2. The summed E-state index contributed by atoms with van der Waals surface area (Å²) in [4.78, 5) is 23.5. The third kappa shape index (κ3) is 5.31. The zero-order valence-corrected chi connectivity index (χ0v) is 13.5. The fraction of sp³-hybridized carbons (Fsp3) is 0.222. The van der Waals surface area contributed by atoms with E-state index in [9.17, 15) is 9.59 Å². The second-order valence-corrected chi connectivity index (χ2v) is 4.91. The molecule has 2 aromatic rings. The largest absolute Gasteiger partial charge is 0.493 e. The minimum Gasteiger partial charge on any atom is -0.493 e. The Labute approximate surface area is 140 Å². The summed E-state index contributed by atoms with van der Waals surface area (Å²) in [6.45, 7) is 0.549. The van der Waals surface area contributed by atoms with Crippen LogP contribution in [-0.4, -0.2) is 38.6 Å². The first kappa shape index (κ1) is 17.3. The lowest BCUT2D eigenvalue weighted by Crippen LogP contribution is -2.36. The highest BCUT2D eigenvalue weighted by molar-refractivity contribution is 5.94. The molecule has 6 nitrogen and oxygen atoms in total. The maximum atomic E-state index is 11.8. The topological polar surface area (TPSA) is 76.7 Å². The average molecular weight is 328 g/mol. The summed E-state index contributed by atoms with van der Waals surface area (Å²) in [5.74, 6) is 0.637. The molecule has 0 fully saturated rings. The van der Waals surface area contributed by atoms with Gasteiger partial charge in [0.25, 0.3) is 11.8 Å². The molecule has 2 amide bonds. The van der Waals surface area contributed by atoms with Crippen LogP contribution < -0.4 is 20.1 Å². The van der Waals surface area contributed by atoms with E-state index in [2.05, 4.69) is 10.6 Å². The van der Waals surface area contributed by atoms with Crippen molar-refractivity contribution in [1.82, 2.24) is 10.6 Å². The molecule has 126 valence electrons. The normalized spacial score (nSPS) is 9.88. The van der Waals surface area contributed by atoms with Gasteiger partial charge in [-0.25, -0.2) is 0 Å². The minimum atomic E-state index is -0.269. The molecule has 0 radical (unpaired) electrons. The first-order valence-electron chi connectivity index (χ1n) is 7.56. The quantitative estimate of drug-likeness (QED) is 0.722. The van der Waals surface area contributed by atoms with Gasteiger partial charge in [-0.3, -0.25) is 9.59 Å². The number of benzene rings is 2. The Kier molecular flexibility index (Phi) is 6.64. The van der Waals surface area contributed by atoms with Crippen LogP contribution >= 0.6 is 0 Å². The van der Waals surface area contributed by atoms with Crippen LogP contribution in [0.1, 0.15) is 10.4 Å². The van der Waals surface area contributed by atoms with Crippen molar-refractivity contribution in [2.45, 2.75) is 0 Å². The number of hydrogen-bond acceptors (Lipinski definition) is 4. The molecule has 0 unspecified atom stereocenters. The molecule has 0 aliphatic rings. The Balaban J connectivity index is 1.66. The van der Waals surface area contributed by atoms with Crippen molar-refractivity contribution in [2.24, 2.45) is 0 Å². The van der Waals surface area contributed by atoms with Gasteiger partial charge in [-0.1, -0.05) is 30.3 Å². The van der Waals surface area contributed by atoms with Gasteiger partial charge in [0, 0.05) is 18.7 Å². The fourth-order valence-corrected chi connectivity index (χ4v) is 2.00. The second kappa shape index (κ2) is 9.19. The van der Waals surface area contributed by atoms with Crippen LogP contribution in [0.2, 0.25) is 0 Å². The lowest BCUT2D eigenvalue weighted by molar-refractivity contribution is -0.123. The van der Waals surface area contributed by atoms with E-state index in [1.165, 1.54) is 7.11 Å². The summed E-state index contributed by atoms with van der Waals surface area (Å²) in [5, 5.41) is 5.41. The van der Waals surface area contributed by atoms with Crippen molar-refractivity contribution in [3.63, 3.8) is 0 Å². The van der Waals surface area contributed by atoms with E-state index in [4.69, 9.17) is 9.47 Å². The molecular formula is C18H20N2O4. The SMILES string of the molecule is COc1ccccc1OCC(=O)NCCNC(=O)c1ccccc1. The number of methoxy groups -OCH3 is 1. The molecule has 0 bridgehead atoms. The van der Waals surface area contributed by atoms with Crippen LogP contribution in [0.3, 0.4) is 0 Å². The van der Waals surface area contributed by atoms with Crippen molar-refractivity contribution in [2.75, 3.05) is 26.8 Å². The number of carbonyl (C=O) groups is 2. The van der Waals surface area contributed by atoms with Gasteiger partial charge in [-0.2, -0.15) is 0 Å². The van der Waals surface area contributed by atoms with E-state index in [1.807, 2.05) is 12.1 Å². The first-order chi connectivity index (χ1) is 11.7. The molecule has 2 rings (SSSR count). The number of para-hydroxylation sites is 2. The molecule has 24 heavy (non-hydrogen) atoms. The highest BCUT2D eigenvalue weighted by atomic mass is 16.5. The summed E-state index contributed by atoms with van der Waals surface area (Å²) in [7, 11) is 1.54. The molecule has 0 aliphatic heterocycles. The van der Waals surface area contributed by atoms with Crippen LogP contribution in [0.4, 0.5) is 0 Å². The van der Waals surface area contributed by atoms with E-state index in [0.29, 0.717) is 30.2 Å². The van der Waals surface area contributed by atoms with Crippen LogP contribution in [-0.2, 0) is 4.79 Å². The molecule has 0 saturated carbocycles. The monoisotopic (exact) mass is 328 g/mol. The first-order valence-corrected chi connectivity index (χ1v) is 7.56. The van der Waals surface area contributed by atoms with E-state index in [0.717, 1.165) is 0 Å². The Bertz CT molecular complexity index is 674. The lowest BCUT2D eigenvalue weighted by atomic mass is 10.2. The molecular weight excluding hydrogens is 308 g/mol. The average Bonchev–Trinajstić information content (AvgIpc) is 2.64. The van der Waals surface area contributed by atoms with Crippen molar-refractivity contribution in [1.29, 1.82) is 0 Å². The zero-order chi connectivity index (χ0) is 17.2. The van der Waals surface area contributed by atoms with Crippen molar-refractivity contribution >= 4 is 11.8 Å². The van der Waals surface area contributed by atoms with Gasteiger partial charge in [0.2, 0.25) is 0 Å². The van der Waals surface area contributed by atoms with Crippen LogP contribution in [0.5, 0.6) is 11.5 Å². The van der Waals surface area contributed by atoms with Gasteiger partial charge in [-0.05, 0) is 24.3 Å². The van der Waals surface area contributed by atoms with Crippen LogP contribution in [0.25, 0.3) is 0 Å². The fourth-order valence-electron chi connectivity index (χ4n) is 2.00. The number of rotatable bonds is 8. The summed E-state index contributed by atoms with van der Waals surface area (Å²) < 4.78 is 10.6. The van der Waals surface area contributed by atoms with Crippen molar-refractivity contribution in [3.05, 3.63) is 60.2 Å². The molecule has 0 heterocycles. The molecule has 2 N–H and O–H groups in total. The third-order valence-electron chi connectivity index (χ3n) is 3.20. The molecule has 0 aliphatic carbocycles. The van der Waals surface area contributed by atoms with Gasteiger partial charge in [0.05, 0.1) is 7.11 Å². The molecule has 0 atom stereocenters. The Morgan fingerprint density at radius 2 is 1.50 bits per heavy atom. The highest BCUT2D eigenvalue weighted by Crippen LogP contribution is 2.25. The summed E-state index contributed by atoms with van der Waals surface area (Å²) in [5.41, 5.74) is 0.586. The van der Waals surface area contributed by atoms with Crippen molar-refractivity contribution < 1.29 is 19.1 Å². The van der Waals surface area contributed by atoms with Crippen LogP contribution in [0.15, 0.2) is 54.6 Å². The Morgan fingerprint density at radius 3 is 2.21 bits per heavy atom. The molecule has 2 aromatic carbocycles.